The topological polar surface area (TPSA) is 46.2 Å². The van der Waals surface area contributed by atoms with Gasteiger partial charge < -0.3 is 0 Å². The summed E-state index contributed by atoms with van der Waals surface area (Å²) < 4.78 is 27.0. The van der Waals surface area contributed by atoms with Crippen LogP contribution in [0.4, 0.5) is 0 Å². The third-order valence-electron chi connectivity index (χ3n) is 2.78. The molecule has 108 valence electrons. The van der Waals surface area contributed by atoms with E-state index >= 15 is 0 Å². The van der Waals surface area contributed by atoms with Crippen LogP contribution >= 0.6 is 23.2 Å². The minimum absolute atomic E-state index is 0.0703. The highest BCUT2D eigenvalue weighted by molar-refractivity contribution is 7.89. The summed E-state index contributed by atoms with van der Waals surface area (Å²) in [6, 6.07) is 4.26. The fourth-order valence-corrected chi connectivity index (χ4v) is 3.83. The van der Waals surface area contributed by atoms with Gasteiger partial charge in [-0.25, -0.2) is 13.1 Å². The minimum atomic E-state index is -3.58. The molecule has 0 aromatic heterocycles. The molecule has 1 atom stereocenters. The van der Waals surface area contributed by atoms with E-state index < -0.39 is 10.0 Å². The first-order chi connectivity index (χ1) is 8.86. The fourth-order valence-electron chi connectivity index (χ4n) is 1.78. The van der Waals surface area contributed by atoms with Gasteiger partial charge in [-0.3, -0.25) is 0 Å². The van der Waals surface area contributed by atoms with Crippen LogP contribution in [0.3, 0.4) is 0 Å². The maximum Gasteiger partial charge on any atom is 0.242 e. The van der Waals surface area contributed by atoms with Crippen molar-refractivity contribution in [1.82, 2.24) is 4.72 Å². The summed E-state index contributed by atoms with van der Waals surface area (Å²) in [6.45, 7) is 3.97. The Labute approximate surface area is 125 Å². The molecule has 0 aliphatic rings. The van der Waals surface area contributed by atoms with E-state index in [0.29, 0.717) is 5.02 Å². The molecule has 0 fully saturated rings. The second kappa shape index (κ2) is 7.48. The average Bonchev–Trinajstić information content (AvgIpc) is 2.27. The molecule has 3 nitrogen and oxygen atoms in total. The van der Waals surface area contributed by atoms with Crippen LogP contribution in [0.2, 0.25) is 10.0 Å². The Bertz CT molecular complexity index is 517. The van der Waals surface area contributed by atoms with Crippen molar-refractivity contribution in [1.29, 1.82) is 0 Å². The standard InChI is InChI=1S/C13H19Cl2NO2S/c1-3-4-5-6-10(2)16-19(17,18)13-8-7-11(14)9-12(13)15/h7-10,16H,3-6H2,1-2H3. The van der Waals surface area contributed by atoms with E-state index in [1.54, 1.807) is 0 Å². The van der Waals surface area contributed by atoms with Gasteiger partial charge in [0.1, 0.15) is 4.90 Å². The number of unbranched alkanes of at least 4 members (excludes halogenated alkanes) is 2. The lowest BCUT2D eigenvalue weighted by Gasteiger charge is -2.14. The largest absolute Gasteiger partial charge is 0.242 e. The van der Waals surface area contributed by atoms with E-state index in [1.807, 2.05) is 6.92 Å². The summed E-state index contributed by atoms with van der Waals surface area (Å²) in [6.07, 6.45) is 4.04. The Morgan fingerprint density at radius 2 is 1.95 bits per heavy atom. The van der Waals surface area contributed by atoms with Gasteiger partial charge in [0.2, 0.25) is 10.0 Å². The lowest BCUT2D eigenvalue weighted by molar-refractivity contribution is 0.527. The van der Waals surface area contributed by atoms with E-state index in [9.17, 15) is 8.42 Å². The molecule has 0 saturated heterocycles. The van der Waals surface area contributed by atoms with E-state index in [1.165, 1.54) is 18.2 Å². The van der Waals surface area contributed by atoms with Crippen molar-refractivity contribution < 1.29 is 8.42 Å². The Morgan fingerprint density at radius 1 is 1.26 bits per heavy atom. The summed E-state index contributed by atoms with van der Waals surface area (Å²) in [5.41, 5.74) is 0. The quantitative estimate of drug-likeness (QED) is 0.763. The molecule has 0 aliphatic carbocycles. The molecule has 6 heteroatoms. The van der Waals surface area contributed by atoms with Crippen molar-refractivity contribution in [3.63, 3.8) is 0 Å². The number of benzene rings is 1. The van der Waals surface area contributed by atoms with E-state index in [4.69, 9.17) is 23.2 Å². The molecular weight excluding hydrogens is 305 g/mol. The van der Waals surface area contributed by atoms with Gasteiger partial charge in [0.15, 0.2) is 0 Å². The molecule has 0 aliphatic heterocycles. The molecule has 1 aromatic rings. The van der Waals surface area contributed by atoms with Gasteiger partial charge in [-0.1, -0.05) is 49.4 Å². The van der Waals surface area contributed by atoms with Crippen LogP contribution < -0.4 is 4.72 Å². The SMILES string of the molecule is CCCCCC(C)NS(=O)(=O)c1ccc(Cl)cc1Cl. The molecule has 1 unspecified atom stereocenters. The second-order valence-corrected chi connectivity index (χ2v) is 7.12. The van der Waals surface area contributed by atoms with Crippen molar-refractivity contribution in [2.75, 3.05) is 0 Å². The normalized spacial score (nSPS) is 13.5. The van der Waals surface area contributed by atoms with Crippen molar-refractivity contribution >= 4 is 33.2 Å². The van der Waals surface area contributed by atoms with E-state index in [0.717, 1.165) is 25.7 Å². The van der Waals surface area contributed by atoms with E-state index in [2.05, 4.69) is 11.6 Å². The number of nitrogens with one attached hydrogen (secondary N) is 1. The zero-order valence-electron chi connectivity index (χ0n) is 11.1. The maximum absolute atomic E-state index is 12.2. The molecule has 0 spiro atoms. The predicted molar refractivity (Wildman–Crippen MR) is 80.4 cm³/mol. The smallest absolute Gasteiger partial charge is 0.208 e. The summed E-state index contributed by atoms with van der Waals surface area (Å²) in [4.78, 5) is 0.0703. The van der Waals surface area contributed by atoms with Gasteiger partial charge in [0, 0.05) is 11.1 Å². The number of hydrogen-bond donors (Lipinski definition) is 1. The van der Waals surface area contributed by atoms with Gasteiger partial charge in [-0.2, -0.15) is 0 Å². The first kappa shape index (κ1) is 16.8. The molecule has 0 saturated carbocycles. The van der Waals surface area contributed by atoms with Crippen molar-refractivity contribution in [3.05, 3.63) is 28.2 Å². The van der Waals surface area contributed by atoms with Crippen LogP contribution in [0.1, 0.15) is 39.5 Å². The van der Waals surface area contributed by atoms with Crippen molar-refractivity contribution in [2.24, 2.45) is 0 Å². The zero-order chi connectivity index (χ0) is 14.5. The Hall–Kier alpha value is -0.290. The van der Waals surface area contributed by atoms with Crippen molar-refractivity contribution in [2.45, 2.75) is 50.5 Å². The van der Waals surface area contributed by atoms with Crippen LogP contribution in [0.15, 0.2) is 23.1 Å². The first-order valence-corrected chi connectivity index (χ1v) is 8.58. The zero-order valence-corrected chi connectivity index (χ0v) is 13.4. The van der Waals surface area contributed by atoms with Gasteiger partial charge in [-0.15, -0.1) is 0 Å². The molecular formula is C13H19Cl2NO2S. The summed E-state index contributed by atoms with van der Waals surface area (Å²) >= 11 is 11.7. The predicted octanol–water partition coefficient (Wildman–Crippen LogP) is 4.24. The maximum atomic E-state index is 12.2. The molecule has 1 N–H and O–H groups in total. The molecule has 1 aromatic carbocycles. The first-order valence-electron chi connectivity index (χ1n) is 6.34. The monoisotopic (exact) mass is 323 g/mol. The Kier molecular flexibility index (Phi) is 6.60. The summed E-state index contributed by atoms with van der Waals surface area (Å²) in [7, 11) is -3.58. The van der Waals surface area contributed by atoms with Gasteiger partial charge in [0.05, 0.1) is 5.02 Å². The molecule has 0 radical (unpaired) electrons. The van der Waals surface area contributed by atoms with Crippen LogP contribution in [0.5, 0.6) is 0 Å². The Balaban J connectivity index is 2.75. The van der Waals surface area contributed by atoms with Crippen molar-refractivity contribution in [3.8, 4) is 0 Å². The number of halogens is 2. The number of rotatable bonds is 7. The molecule has 0 heterocycles. The van der Waals surface area contributed by atoms with Crippen LogP contribution in [-0.2, 0) is 10.0 Å². The summed E-state index contributed by atoms with van der Waals surface area (Å²) in [5.74, 6) is 0. The average molecular weight is 324 g/mol. The van der Waals surface area contributed by atoms with Gasteiger partial charge in [0.25, 0.3) is 0 Å². The van der Waals surface area contributed by atoms with Crippen LogP contribution in [0.25, 0.3) is 0 Å². The highest BCUT2D eigenvalue weighted by Crippen LogP contribution is 2.25. The minimum Gasteiger partial charge on any atom is -0.208 e. The highest BCUT2D eigenvalue weighted by atomic mass is 35.5. The van der Waals surface area contributed by atoms with Gasteiger partial charge in [-0.05, 0) is 31.5 Å². The summed E-state index contributed by atoms with van der Waals surface area (Å²) in [5, 5.41) is 0.556. The molecule has 0 amide bonds. The lowest BCUT2D eigenvalue weighted by Crippen LogP contribution is -2.32. The molecule has 19 heavy (non-hydrogen) atoms. The number of hydrogen-bond acceptors (Lipinski definition) is 2. The second-order valence-electron chi connectivity index (χ2n) is 4.59. The van der Waals surface area contributed by atoms with E-state index in [-0.39, 0.29) is 16.0 Å². The number of sulfonamides is 1. The highest BCUT2D eigenvalue weighted by Gasteiger charge is 2.20. The van der Waals surface area contributed by atoms with Gasteiger partial charge >= 0.3 is 0 Å². The molecule has 1 rings (SSSR count). The molecule has 0 bridgehead atoms. The third-order valence-corrected chi connectivity index (χ3v) is 5.09. The van der Waals surface area contributed by atoms with Crippen LogP contribution in [0, 0.1) is 0 Å². The third kappa shape index (κ3) is 5.30. The fraction of sp³-hybridized carbons (Fsp3) is 0.538. The Morgan fingerprint density at radius 3 is 2.53 bits per heavy atom. The van der Waals surface area contributed by atoms with Crippen LogP contribution in [-0.4, -0.2) is 14.5 Å². The lowest BCUT2D eigenvalue weighted by atomic mass is 10.1.